The van der Waals surface area contributed by atoms with Gasteiger partial charge in [-0.15, -0.1) is 10.2 Å². The summed E-state index contributed by atoms with van der Waals surface area (Å²) in [5, 5.41) is 9.85. The quantitative estimate of drug-likeness (QED) is 0.410. The maximum absolute atomic E-state index is 5.94. The standard InChI is InChI=1S/C23H27ClN6O2S/c1-13(20-25-11-15(24)12-26-20)14(2)33-29-22-28-27-21(16-10-23(16)8-9-23)30(22)19-17(31-3)6-5-7-18(19)32-4/h5-7,11-14,16H,8-10H2,1-4H3,(H,28,29). The Morgan fingerprint density at radius 3 is 2.36 bits per heavy atom. The van der Waals surface area contributed by atoms with Crippen molar-refractivity contribution in [3.05, 3.63) is 47.3 Å². The van der Waals surface area contributed by atoms with Crippen LogP contribution in [0, 0.1) is 5.41 Å². The molecule has 0 amide bonds. The van der Waals surface area contributed by atoms with Crippen LogP contribution in [0.1, 0.15) is 56.6 Å². The second-order valence-corrected chi connectivity index (χ2v) is 10.4. The fraction of sp³-hybridized carbons (Fsp3) is 0.478. The summed E-state index contributed by atoms with van der Waals surface area (Å²) in [4.78, 5) is 8.75. The number of benzene rings is 1. The molecular formula is C23H27ClN6O2S. The van der Waals surface area contributed by atoms with Gasteiger partial charge in [-0.2, -0.15) is 0 Å². The van der Waals surface area contributed by atoms with E-state index in [2.05, 4.69) is 43.3 Å². The minimum atomic E-state index is 0.106. The molecule has 0 aliphatic heterocycles. The van der Waals surface area contributed by atoms with Crippen molar-refractivity contribution in [1.82, 2.24) is 24.7 Å². The number of halogens is 1. The van der Waals surface area contributed by atoms with E-state index in [0.717, 1.165) is 23.8 Å². The number of para-hydroxylation sites is 1. The number of nitrogens with zero attached hydrogens (tertiary/aromatic N) is 5. The van der Waals surface area contributed by atoms with Crippen molar-refractivity contribution in [3.8, 4) is 17.2 Å². The molecule has 1 aromatic carbocycles. The highest BCUT2D eigenvalue weighted by Gasteiger charge is 2.65. The smallest absolute Gasteiger partial charge is 0.239 e. The molecule has 174 valence electrons. The van der Waals surface area contributed by atoms with E-state index in [-0.39, 0.29) is 11.2 Å². The third-order valence-corrected chi connectivity index (χ3v) is 8.07. The Morgan fingerprint density at radius 2 is 1.79 bits per heavy atom. The van der Waals surface area contributed by atoms with Gasteiger partial charge in [-0.25, -0.2) is 9.97 Å². The Balaban J connectivity index is 1.45. The fourth-order valence-corrected chi connectivity index (χ4v) is 5.15. The fourth-order valence-electron chi connectivity index (χ4n) is 4.30. The van der Waals surface area contributed by atoms with Crippen molar-refractivity contribution in [3.63, 3.8) is 0 Å². The zero-order valence-corrected chi connectivity index (χ0v) is 20.7. The molecular weight excluding hydrogens is 460 g/mol. The van der Waals surface area contributed by atoms with E-state index in [1.807, 2.05) is 18.2 Å². The molecule has 2 aliphatic rings. The minimum absolute atomic E-state index is 0.106. The maximum atomic E-state index is 5.94. The molecule has 2 heterocycles. The van der Waals surface area contributed by atoms with Crippen LogP contribution in [-0.2, 0) is 0 Å². The maximum Gasteiger partial charge on any atom is 0.239 e. The van der Waals surface area contributed by atoms with Crippen molar-refractivity contribution < 1.29 is 9.47 Å². The lowest BCUT2D eigenvalue weighted by Crippen LogP contribution is -2.15. The van der Waals surface area contributed by atoms with Gasteiger partial charge in [0.15, 0.2) is 0 Å². The summed E-state index contributed by atoms with van der Waals surface area (Å²) in [7, 11) is 3.33. The molecule has 2 saturated carbocycles. The molecule has 0 radical (unpaired) electrons. The molecule has 0 bridgehead atoms. The second-order valence-electron chi connectivity index (χ2n) is 8.82. The van der Waals surface area contributed by atoms with E-state index in [0.29, 0.717) is 33.8 Å². The average Bonchev–Trinajstić information content (AvgIpc) is 3.73. The van der Waals surface area contributed by atoms with Crippen LogP contribution >= 0.6 is 23.5 Å². The number of aromatic nitrogens is 5. The molecule has 1 N–H and O–H groups in total. The summed E-state index contributed by atoms with van der Waals surface area (Å²) < 4.78 is 16.9. The van der Waals surface area contributed by atoms with E-state index in [9.17, 15) is 0 Å². The van der Waals surface area contributed by atoms with Gasteiger partial charge in [0.25, 0.3) is 0 Å². The Kier molecular flexibility index (Phi) is 5.86. The van der Waals surface area contributed by atoms with E-state index < -0.39 is 0 Å². The van der Waals surface area contributed by atoms with Gasteiger partial charge in [0, 0.05) is 29.5 Å². The molecule has 1 spiro atoms. The third-order valence-electron chi connectivity index (χ3n) is 6.79. The van der Waals surface area contributed by atoms with Crippen LogP contribution in [0.2, 0.25) is 5.02 Å². The first kappa shape index (κ1) is 22.3. The first-order valence-corrected chi connectivity index (χ1v) is 12.3. The Hall–Kier alpha value is -2.52. The van der Waals surface area contributed by atoms with Crippen LogP contribution in [0.5, 0.6) is 11.5 Å². The number of rotatable bonds is 9. The van der Waals surface area contributed by atoms with Crippen LogP contribution in [0.25, 0.3) is 5.69 Å². The lowest BCUT2D eigenvalue weighted by molar-refractivity contribution is 0.390. The number of methoxy groups -OCH3 is 2. The first-order valence-electron chi connectivity index (χ1n) is 11.0. The van der Waals surface area contributed by atoms with Crippen molar-refractivity contribution in [2.75, 3.05) is 18.9 Å². The molecule has 3 aromatic rings. The van der Waals surface area contributed by atoms with Crippen molar-refractivity contribution >= 4 is 29.5 Å². The van der Waals surface area contributed by atoms with Crippen molar-refractivity contribution in [2.24, 2.45) is 5.41 Å². The Labute approximate surface area is 202 Å². The molecule has 5 rings (SSSR count). The topological polar surface area (TPSA) is 87.0 Å². The molecule has 2 fully saturated rings. The van der Waals surface area contributed by atoms with E-state index in [1.54, 1.807) is 38.6 Å². The molecule has 3 unspecified atom stereocenters. The summed E-state index contributed by atoms with van der Waals surface area (Å²) in [6.45, 7) is 4.23. The Bertz CT molecular complexity index is 1130. The summed E-state index contributed by atoms with van der Waals surface area (Å²) >= 11 is 7.50. The first-order chi connectivity index (χ1) is 16.0. The second kappa shape index (κ2) is 8.68. The number of anilines is 1. The number of nitrogens with one attached hydrogen (secondary N) is 1. The summed E-state index contributed by atoms with van der Waals surface area (Å²) in [5.41, 5.74) is 1.24. The zero-order valence-electron chi connectivity index (χ0n) is 19.1. The molecule has 2 aliphatic carbocycles. The lowest BCUT2D eigenvalue weighted by atomic mass is 10.1. The molecule has 10 heteroatoms. The van der Waals surface area contributed by atoms with Crippen LogP contribution < -0.4 is 14.2 Å². The van der Waals surface area contributed by atoms with Crippen molar-refractivity contribution in [1.29, 1.82) is 0 Å². The van der Waals surface area contributed by atoms with E-state index in [1.165, 1.54) is 12.8 Å². The van der Waals surface area contributed by atoms with E-state index in [4.69, 9.17) is 21.1 Å². The van der Waals surface area contributed by atoms with Gasteiger partial charge in [-0.3, -0.25) is 9.29 Å². The van der Waals surface area contributed by atoms with Crippen molar-refractivity contribution in [2.45, 2.75) is 50.2 Å². The Morgan fingerprint density at radius 1 is 1.12 bits per heavy atom. The predicted molar refractivity (Wildman–Crippen MR) is 130 cm³/mol. The average molecular weight is 487 g/mol. The lowest BCUT2D eigenvalue weighted by Gasteiger charge is -2.20. The minimum Gasteiger partial charge on any atom is -0.494 e. The van der Waals surface area contributed by atoms with Gasteiger partial charge in [0.05, 0.1) is 19.2 Å². The highest BCUT2D eigenvalue weighted by atomic mass is 35.5. The number of hydrogen-bond acceptors (Lipinski definition) is 8. The van der Waals surface area contributed by atoms with Gasteiger partial charge in [-0.05, 0) is 48.8 Å². The molecule has 33 heavy (non-hydrogen) atoms. The van der Waals surface area contributed by atoms with Crippen LogP contribution in [0.3, 0.4) is 0 Å². The summed E-state index contributed by atoms with van der Waals surface area (Å²) in [6.07, 6.45) is 6.95. The van der Waals surface area contributed by atoms with Crippen LogP contribution in [0.15, 0.2) is 30.6 Å². The van der Waals surface area contributed by atoms with Gasteiger partial charge < -0.3 is 9.47 Å². The highest BCUT2D eigenvalue weighted by molar-refractivity contribution is 8.01. The van der Waals surface area contributed by atoms with Gasteiger partial charge >= 0.3 is 0 Å². The number of hydrogen-bond donors (Lipinski definition) is 1. The van der Waals surface area contributed by atoms with Gasteiger partial charge in [0.2, 0.25) is 5.95 Å². The molecule has 2 aromatic heterocycles. The summed E-state index contributed by atoms with van der Waals surface area (Å²) in [6, 6.07) is 5.78. The largest absolute Gasteiger partial charge is 0.494 e. The van der Waals surface area contributed by atoms with Gasteiger partial charge in [0.1, 0.15) is 28.8 Å². The monoisotopic (exact) mass is 486 g/mol. The molecule has 8 nitrogen and oxygen atoms in total. The van der Waals surface area contributed by atoms with Crippen LogP contribution in [-0.4, -0.2) is 44.2 Å². The third kappa shape index (κ3) is 4.12. The zero-order chi connectivity index (χ0) is 23.2. The molecule has 0 saturated heterocycles. The van der Waals surface area contributed by atoms with Gasteiger partial charge in [-0.1, -0.05) is 31.5 Å². The summed E-state index contributed by atoms with van der Waals surface area (Å²) in [5.74, 6) is 4.31. The number of ether oxygens (including phenoxy) is 2. The SMILES string of the molecule is COc1cccc(OC)c1-n1c(NSC(C)C(C)c2ncc(Cl)cn2)nnc1C1CC12CC2. The van der Waals surface area contributed by atoms with Crippen LogP contribution in [0.4, 0.5) is 5.95 Å². The normalized spacial score (nSPS) is 19.7. The predicted octanol–water partition coefficient (Wildman–Crippen LogP) is 5.25. The highest BCUT2D eigenvalue weighted by Crippen LogP contribution is 2.75. The van der Waals surface area contributed by atoms with E-state index >= 15 is 0 Å². The molecule has 3 atom stereocenters.